The van der Waals surface area contributed by atoms with E-state index in [0.29, 0.717) is 55.1 Å². The first-order valence-electron chi connectivity index (χ1n) is 16.3. The quantitative estimate of drug-likeness (QED) is 0.264. The normalized spacial score (nSPS) is 19.5. The Balaban J connectivity index is 1.06. The predicted octanol–water partition coefficient (Wildman–Crippen LogP) is 4.76. The van der Waals surface area contributed by atoms with Crippen molar-refractivity contribution in [1.82, 2.24) is 29.2 Å². The molecule has 0 unspecified atom stereocenters. The summed E-state index contributed by atoms with van der Waals surface area (Å²) in [6.07, 6.45) is 1.54. The summed E-state index contributed by atoms with van der Waals surface area (Å²) in [6.45, 7) is 7.19. The Hall–Kier alpha value is -4.32. The summed E-state index contributed by atoms with van der Waals surface area (Å²) in [7, 11) is 3.97. The lowest BCUT2D eigenvalue weighted by Crippen LogP contribution is -2.39. The molecular weight excluding hydrogens is 632 g/mol. The Morgan fingerprint density at radius 2 is 1.73 bits per heavy atom. The molecule has 0 spiro atoms. The number of fused-ring (bicyclic) bond motifs is 2. The standard InChI is InChI=1S/C36H39ClN6O5/c1-21-23(25-10-5-7-22(32(25)37)15-29(44)33-38-26-16-40(3)13-11-28(26)41(33)4)8-6-9-24(21)34-39-27-17-43(18-30(27)48-34)31(45)19-42-14-12-36(2,20-42)35(46)47/h5-10H,11-20H2,1-4H3,(H,46,47)/t36-/m0/s1. The Morgan fingerprint density at radius 3 is 2.48 bits per heavy atom. The molecule has 11 nitrogen and oxygen atoms in total. The van der Waals surface area contributed by atoms with Gasteiger partial charge in [-0.25, -0.2) is 9.97 Å². The number of oxazole rings is 1. The third kappa shape index (κ3) is 5.73. The van der Waals surface area contributed by atoms with Crippen LogP contribution in [-0.2, 0) is 49.1 Å². The lowest BCUT2D eigenvalue weighted by molar-refractivity contribution is -0.147. The van der Waals surface area contributed by atoms with E-state index in [1.807, 2.05) is 59.8 Å². The van der Waals surface area contributed by atoms with Crippen LogP contribution in [0.2, 0.25) is 5.02 Å². The Labute approximate surface area is 284 Å². The number of imidazole rings is 1. The highest BCUT2D eigenvalue weighted by atomic mass is 35.5. The van der Waals surface area contributed by atoms with Crippen molar-refractivity contribution in [2.75, 3.05) is 33.2 Å². The van der Waals surface area contributed by atoms with E-state index in [2.05, 4.69) is 11.9 Å². The zero-order chi connectivity index (χ0) is 33.9. The highest BCUT2D eigenvalue weighted by molar-refractivity contribution is 6.34. The molecule has 1 amide bonds. The largest absolute Gasteiger partial charge is 0.481 e. The molecular formula is C36H39ClN6O5. The van der Waals surface area contributed by atoms with E-state index in [9.17, 15) is 19.5 Å². The summed E-state index contributed by atoms with van der Waals surface area (Å²) in [6, 6.07) is 11.7. The molecule has 250 valence electrons. The zero-order valence-corrected chi connectivity index (χ0v) is 28.4. The number of nitrogens with zero attached hydrogens (tertiary/aromatic N) is 6. The van der Waals surface area contributed by atoms with Crippen LogP contribution >= 0.6 is 11.6 Å². The smallest absolute Gasteiger partial charge is 0.310 e. The van der Waals surface area contributed by atoms with Crippen LogP contribution < -0.4 is 0 Å². The molecule has 5 heterocycles. The van der Waals surface area contributed by atoms with Gasteiger partial charge in [0, 0.05) is 56.3 Å². The maximum atomic E-state index is 13.5. The summed E-state index contributed by atoms with van der Waals surface area (Å²) in [5.74, 6) is 0.632. The van der Waals surface area contributed by atoms with Gasteiger partial charge in [0.05, 0.1) is 35.8 Å². The topological polar surface area (TPSA) is 125 Å². The van der Waals surface area contributed by atoms with Crippen LogP contribution in [0.1, 0.15) is 57.9 Å². The number of aliphatic carboxylic acids is 1. The summed E-state index contributed by atoms with van der Waals surface area (Å²) >= 11 is 7.01. The molecule has 1 atom stereocenters. The van der Waals surface area contributed by atoms with Gasteiger partial charge in [-0.3, -0.25) is 19.3 Å². The van der Waals surface area contributed by atoms with Crippen LogP contribution in [-0.4, -0.2) is 85.2 Å². The molecule has 1 fully saturated rings. The summed E-state index contributed by atoms with van der Waals surface area (Å²) < 4.78 is 8.15. The number of halogens is 1. The van der Waals surface area contributed by atoms with E-state index in [1.165, 1.54) is 0 Å². The molecule has 4 aromatic rings. The number of rotatable bonds is 8. The molecule has 3 aliphatic heterocycles. The third-order valence-corrected chi connectivity index (χ3v) is 10.7. The molecule has 0 bridgehead atoms. The minimum Gasteiger partial charge on any atom is -0.481 e. The third-order valence-electron chi connectivity index (χ3n) is 10.2. The van der Waals surface area contributed by atoms with Gasteiger partial charge in [0.2, 0.25) is 17.6 Å². The summed E-state index contributed by atoms with van der Waals surface area (Å²) in [4.78, 5) is 53.5. The lowest BCUT2D eigenvalue weighted by Gasteiger charge is -2.22. The molecule has 12 heteroatoms. The number of aromatic nitrogens is 3. The first kappa shape index (κ1) is 32.2. The maximum Gasteiger partial charge on any atom is 0.310 e. The molecule has 1 saturated heterocycles. The van der Waals surface area contributed by atoms with Crippen molar-refractivity contribution in [2.24, 2.45) is 12.5 Å². The van der Waals surface area contributed by atoms with Gasteiger partial charge in [0.1, 0.15) is 11.5 Å². The average Bonchev–Trinajstić information content (AvgIpc) is 3.81. The number of hydrogen-bond acceptors (Lipinski definition) is 8. The van der Waals surface area contributed by atoms with Gasteiger partial charge >= 0.3 is 5.97 Å². The summed E-state index contributed by atoms with van der Waals surface area (Å²) in [5.41, 5.74) is 6.22. The second-order valence-corrected chi connectivity index (χ2v) is 14.1. The highest BCUT2D eigenvalue weighted by Crippen LogP contribution is 2.38. The number of likely N-dealkylation sites (tertiary alicyclic amines) is 1. The first-order chi connectivity index (χ1) is 22.9. The van der Waals surface area contributed by atoms with Crippen LogP contribution in [0.5, 0.6) is 0 Å². The van der Waals surface area contributed by atoms with E-state index in [4.69, 9.17) is 26.0 Å². The minimum atomic E-state index is -0.828. The monoisotopic (exact) mass is 670 g/mol. The number of likely N-dealkylation sites (N-methyl/N-ethyl adjacent to an activating group) is 1. The second-order valence-electron chi connectivity index (χ2n) is 13.7. The number of hydrogen-bond donors (Lipinski definition) is 1. The number of ketones is 1. The number of amides is 1. The fraction of sp³-hybridized carbons (Fsp3) is 0.417. The molecule has 0 radical (unpaired) electrons. The molecule has 0 saturated carbocycles. The molecule has 2 aromatic carbocycles. The molecule has 1 N–H and O–H groups in total. The molecule has 7 rings (SSSR count). The molecule has 3 aliphatic rings. The fourth-order valence-electron chi connectivity index (χ4n) is 7.23. The zero-order valence-electron chi connectivity index (χ0n) is 27.7. The maximum absolute atomic E-state index is 13.5. The van der Waals surface area contributed by atoms with E-state index in [0.717, 1.165) is 64.4 Å². The number of carbonyl (C=O) groups is 3. The Bertz CT molecular complexity index is 1940. The van der Waals surface area contributed by atoms with Gasteiger partial charge in [-0.15, -0.1) is 0 Å². The van der Waals surface area contributed by atoms with Gasteiger partial charge in [-0.05, 0) is 56.6 Å². The van der Waals surface area contributed by atoms with E-state index < -0.39 is 11.4 Å². The minimum absolute atomic E-state index is 0.0688. The van der Waals surface area contributed by atoms with E-state index >= 15 is 0 Å². The van der Waals surface area contributed by atoms with Crippen molar-refractivity contribution >= 4 is 29.3 Å². The number of carboxylic acids is 1. The van der Waals surface area contributed by atoms with E-state index in [-0.39, 0.29) is 24.7 Å². The van der Waals surface area contributed by atoms with Crippen LogP contribution in [0, 0.1) is 12.3 Å². The van der Waals surface area contributed by atoms with Crippen molar-refractivity contribution in [1.29, 1.82) is 0 Å². The molecule has 48 heavy (non-hydrogen) atoms. The van der Waals surface area contributed by atoms with Gasteiger partial charge in [-0.2, -0.15) is 0 Å². The summed E-state index contributed by atoms with van der Waals surface area (Å²) in [5, 5.41) is 10.0. The highest BCUT2D eigenvalue weighted by Gasteiger charge is 2.41. The number of carbonyl (C=O) groups excluding carboxylic acids is 2. The van der Waals surface area contributed by atoms with Crippen molar-refractivity contribution in [2.45, 2.75) is 52.7 Å². The number of benzene rings is 2. The van der Waals surface area contributed by atoms with Crippen LogP contribution in [0.25, 0.3) is 22.6 Å². The van der Waals surface area contributed by atoms with Crippen LogP contribution in [0.4, 0.5) is 0 Å². The molecule has 2 aromatic heterocycles. The second kappa shape index (κ2) is 12.3. The molecule has 0 aliphatic carbocycles. The lowest BCUT2D eigenvalue weighted by atomic mass is 9.90. The van der Waals surface area contributed by atoms with Crippen LogP contribution in [0.15, 0.2) is 40.8 Å². The van der Waals surface area contributed by atoms with Crippen molar-refractivity contribution < 1.29 is 23.9 Å². The Kier molecular flexibility index (Phi) is 8.25. The fourth-order valence-corrected chi connectivity index (χ4v) is 7.53. The predicted molar refractivity (Wildman–Crippen MR) is 179 cm³/mol. The van der Waals surface area contributed by atoms with Gasteiger partial charge in [0.25, 0.3) is 0 Å². The van der Waals surface area contributed by atoms with Gasteiger partial charge in [0.15, 0.2) is 5.82 Å². The van der Waals surface area contributed by atoms with Gasteiger partial charge in [-0.1, -0.05) is 41.9 Å². The van der Waals surface area contributed by atoms with Crippen LogP contribution in [0.3, 0.4) is 0 Å². The number of Topliss-reactive ketones (excluding diaryl/α,β-unsaturated/α-hetero) is 1. The average molecular weight is 671 g/mol. The van der Waals surface area contributed by atoms with Crippen molar-refractivity contribution in [3.05, 3.63) is 81.2 Å². The van der Waals surface area contributed by atoms with Crippen molar-refractivity contribution in [3.63, 3.8) is 0 Å². The SMILES string of the molecule is Cc1c(-c2nc3c(o2)CN(C(=O)CN2CC[C@](C)(C(=O)O)C2)C3)cccc1-c1cccc(CC(=O)c2nc3c(n2C)CCN(C)C3)c1Cl. The Morgan fingerprint density at radius 1 is 0.979 bits per heavy atom. The first-order valence-corrected chi connectivity index (χ1v) is 16.7. The van der Waals surface area contributed by atoms with E-state index in [1.54, 1.807) is 11.8 Å². The van der Waals surface area contributed by atoms with Crippen molar-refractivity contribution in [3.8, 4) is 22.6 Å². The van der Waals surface area contributed by atoms with Gasteiger partial charge < -0.3 is 23.9 Å². The number of carboxylic acid groups (broad SMARTS) is 1.